The van der Waals surface area contributed by atoms with Crippen LogP contribution in [0.1, 0.15) is 30.2 Å². The largest absolute Gasteiger partial charge is 0.416 e. The molecule has 0 bridgehead atoms. The molecule has 0 radical (unpaired) electrons. The van der Waals surface area contributed by atoms with Crippen molar-refractivity contribution in [1.82, 2.24) is 23.8 Å². The Bertz CT molecular complexity index is 1290. The Morgan fingerprint density at radius 2 is 1.97 bits per heavy atom. The van der Waals surface area contributed by atoms with Gasteiger partial charge in [0.1, 0.15) is 5.82 Å². The maximum atomic E-state index is 13.2. The standard InChI is InChI=1S/C20H22F3N5O3S/c1-4-10-24-32(30,31)26-18(29)8-7-16-13(2)25-27(3)19(16)28-11-9-14-5-6-15(12-17(14)28)20(21,22)23/h5-9,11-12,24H,4,10H2,1-3H3,(H,26,29)/b8-7+. The van der Waals surface area contributed by atoms with Gasteiger partial charge in [-0.15, -0.1) is 0 Å². The van der Waals surface area contributed by atoms with Gasteiger partial charge in [-0.25, -0.2) is 4.72 Å². The molecule has 2 aromatic heterocycles. The number of nitrogens with zero attached hydrogens (tertiary/aromatic N) is 3. The summed E-state index contributed by atoms with van der Waals surface area (Å²) in [5.74, 6) is -0.452. The van der Waals surface area contributed by atoms with Crippen LogP contribution in [0.4, 0.5) is 13.2 Å². The molecule has 32 heavy (non-hydrogen) atoms. The minimum atomic E-state index is -4.50. The van der Waals surface area contributed by atoms with Gasteiger partial charge in [-0.2, -0.15) is 31.4 Å². The topological polar surface area (TPSA) is 98.0 Å². The van der Waals surface area contributed by atoms with Crippen molar-refractivity contribution in [3.05, 3.63) is 53.4 Å². The molecule has 2 heterocycles. The lowest BCUT2D eigenvalue weighted by Crippen LogP contribution is -2.39. The van der Waals surface area contributed by atoms with Crippen LogP contribution in [0.15, 0.2) is 36.5 Å². The Balaban J connectivity index is 1.99. The first-order chi connectivity index (χ1) is 14.9. The van der Waals surface area contributed by atoms with Crippen molar-refractivity contribution in [3.63, 3.8) is 0 Å². The smallest absolute Gasteiger partial charge is 0.301 e. The van der Waals surface area contributed by atoms with Crippen molar-refractivity contribution in [1.29, 1.82) is 0 Å². The molecule has 0 spiro atoms. The van der Waals surface area contributed by atoms with Gasteiger partial charge in [0.05, 0.1) is 16.8 Å². The van der Waals surface area contributed by atoms with Gasteiger partial charge in [-0.1, -0.05) is 13.0 Å². The van der Waals surface area contributed by atoms with E-state index in [1.807, 2.05) is 4.72 Å². The van der Waals surface area contributed by atoms with Crippen LogP contribution in [0, 0.1) is 6.92 Å². The second-order valence-electron chi connectivity index (χ2n) is 7.10. The molecular formula is C20H22F3N5O3S. The predicted octanol–water partition coefficient (Wildman–Crippen LogP) is 3.07. The molecule has 0 atom stereocenters. The van der Waals surface area contributed by atoms with Crippen LogP contribution in [-0.2, 0) is 28.2 Å². The summed E-state index contributed by atoms with van der Waals surface area (Å²) in [6, 6.07) is 5.11. The Kier molecular flexibility index (Phi) is 6.46. The van der Waals surface area contributed by atoms with Crippen LogP contribution in [0.25, 0.3) is 22.8 Å². The molecule has 1 amide bonds. The van der Waals surface area contributed by atoms with E-state index in [1.165, 1.54) is 16.8 Å². The Morgan fingerprint density at radius 1 is 1.25 bits per heavy atom. The third-order valence-electron chi connectivity index (χ3n) is 4.66. The second-order valence-corrected chi connectivity index (χ2v) is 8.60. The monoisotopic (exact) mass is 469 g/mol. The van der Waals surface area contributed by atoms with E-state index in [-0.39, 0.29) is 6.54 Å². The van der Waals surface area contributed by atoms with Crippen LogP contribution in [0.5, 0.6) is 0 Å². The summed E-state index contributed by atoms with van der Waals surface area (Å²) in [7, 11) is -2.36. The molecule has 2 N–H and O–H groups in total. The highest BCUT2D eigenvalue weighted by Crippen LogP contribution is 2.33. The SMILES string of the molecule is CCCNS(=O)(=O)NC(=O)/C=C/c1c(C)nn(C)c1-n1ccc2ccc(C(F)(F)F)cc21. The molecule has 0 aliphatic rings. The molecule has 1 aromatic carbocycles. The van der Waals surface area contributed by atoms with E-state index in [1.54, 1.807) is 37.7 Å². The van der Waals surface area contributed by atoms with Crippen molar-refractivity contribution in [2.45, 2.75) is 26.4 Å². The minimum Gasteiger partial charge on any atom is -0.301 e. The van der Waals surface area contributed by atoms with Gasteiger partial charge >= 0.3 is 16.4 Å². The first-order valence-corrected chi connectivity index (χ1v) is 11.1. The van der Waals surface area contributed by atoms with Gasteiger partial charge in [0.2, 0.25) is 0 Å². The number of carbonyl (C=O) groups excluding carboxylic acids is 1. The third-order valence-corrected chi connectivity index (χ3v) is 5.72. The van der Waals surface area contributed by atoms with Gasteiger partial charge in [0, 0.05) is 36.8 Å². The minimum absolute atomic E-state index is 0.179. The molecule has 8 nitrogen and oxygen atoms in total. The van der Waals surface area contributed by atoms with Gasteiger partial charge in [0.25, 0.3) is 5.91 Å². The highest BCUT2D eigenvalue weighted by atomic mass is 32.2. The van der Waals surface area contributed by atoms with Crippen molar-refractivity contribution in [2.24, 2.45) is 7.05 Å². The average Bonchev–Trinajstić information content (AvgIpc) is 3.22. The van der Waals surface area contributed by atoms with Crippen molar-refractivity contribution in [3.8, 4) is 5.82 Å². The average molecular weight is 469 g/mol. The lowest BCUT2D eigenvalue weighted by Gasteiger charge is -2.11. The number of fused-ring (bicyclic) bond motifs is 1. The fourth-order valence-electron chi connectivity index (χ4n) is 3.23. The zero-order valence-corrected chi connectivity index (χ0v) is 18.4. The summed E-state index contributed by atoms with van der Waals surface area (Å²) in [4.78, 5) is 12.1. The van der Waals surface area contributed by atoms with E-state index < -0.39 is 27.9 Å². The normalized spacial score (nSPS) is 12.7. The number of rotatable bonds is 7. The van der Waals surface area contributed by atoms with Crippen molar-refractivity contribution < 1.29 is 26.4 Å². The molecule has 3 rings (SSSR count). The van der Waals surface area contributed by atoms with Gasteiger partial charge in [0.15, 0.2) is 0 Å². The quantitative estimate of drug-likeness (QED) is 0.520. The molecule has 0 unspecified atom stereocenters. The first-order valence-electron chi connectivity index (χ1n) is 9.64. The molecule has 0 aliphatic carbocycles. The number of aromatic nitrogens is 3. The van der Waals surface area contributed by atoms with Gasteiger partial charge < -0.3 is 4.57 Å². The fraction of sp³-hybridized carbons (Fsp3) is 0.300. The number of carbonyl (C=O) groups is 1. The molecule has 12 heteroatoms. The van der Waals surface area contributed by atoms with E-state index in [2.05, 4.69) is 9.82 Å². The maximum absolute atomic E-state index is 13.2. The summed E-state index contributed by atoms with van der Waals surface area (Å²) >= 11 is 0. The zero-order chi connectivity index (χ0) is 23.7. The number of nitrogens with one attached hydrogen (secondary N) is 2. The van der Waals surface area contributed by atoms with Crippen molar-refractivity contribution in [2.75, 3.05) is 6.54 Å². The Hall–Kier alpha value is -3.12. The second kappa shape index (κ2) is 8.79. The van der Waals surface area contributed by atoms with E-state index in [0.29, 0.717) is 34.4 Å². The summed E-state index contributed by atoms with van der Waals surface area (Å²) in [5, 5.41) is 4.89. The van der Waals surface area contributed by atoms with Crippen LogP contribution in [0.3, 0.4) is 0 Å². The molecule has 0 aliphatic heterocycles. The van der Waals surface area contributed by atoms with Crippen LogP contribution < -0.4 is 9.44 Å². The fourth-order valence-corrected chi connectivity index (χ4v) is 4.11. The summed E-state index contributed by atoms with van der Waals surface area (Å²) in [6.45, 7) is 3.63. The Labute approximate surface area is 182 Å². The molecule has 172 valence electrons. The number of hydrogen-bond acceptors (Lipinski definition) is 4. The highest BCUT2D eigenvalue weighted by molar-refractivity contribution is 7.88. The van der Waals surface area contributed by atoms with E-state index in [0.717, 1.165) is 18.2 Å². The van der Waals surface area contributed by atoms with Gasteiger partial charge in [-0.05, 0) is 37.6 Å². The van der Waals surface area contributed by atoms with Gasteiger partial charge in [-0.3, -0.25) is 9.48 Å². The highest BCUT2D eigenvalue weighted by Gasteiger charge is 2.31. The van der Waals surface area contributed by atoms with Crippen LogP contribution in [-0.4, -0.2) is 35.2 Å². The molecule has 0 saturated heterocycles. The van der Waals surface area contributed by atoms with E-state index >= 15 is 0 Å². The molecular weight excluding hydrogens is 447 g/mol. The molecule has 0 fully saturated rings. The van der Waals surface area contributed by atoms with Crippen LogP contribution >= 0.6 is 0 Å². The summed E-state index contributed by atoms with van der Waals surface area (Å²) < 4.78 is 70.3. The van der Waals surface area contributed by atoms with Crippen LogP contribution in [0.2, 0.25) is 0 Å². The van der Waals surface area contributed by atoms with E-state index in [4.69, 9.17) is 0 Å². The van der Waals surface area contributed by atoms with E-state index in [9.17, 15) is 26.4 Å². The number of aryl methyl sites for hydroxylation is 2. The number of benzene rings is 1. The zero-order valence-electron chi connectivity index (χ0n) is 17.6. The third kappa shape index (κ3) is 5.02. The first kappa shape index (κ1) is 23.5. The summed E-state index contributed by atoms with van der Waals surface area (Å²) in [5.41, 5.74) is 0.488. The number of hydrogen-bond donors (Lipinski definition) is 2. The number of alkyl halides is 3. The lowest BCUT2D eigenvalue weighted by atomic mass is 10.1. The Morgan fingerprint density at radius 3 is 2.62 bits per heavy atom. The maximum Gasteiger partial charge on any atom is 0.416 e. The number of amides is 1. The molecule has 3 aromatic rings. The lowest BCUT2D eigenvalue weighted by molar-refractivity contribution is -0.137. The number of halogens is 3. The van der Waals surface area contributed by atoms with Crippen molar-refractivity contribution >= 4 is 33.1 Å². The predicted molar refractivity (Wildman–Crippen MR) is 114 cm³/mol. The summed E-state index contributed by atoms with van der Waals surface area (Å²) in [6.07, 6.45) is 0.0823. The molecule has 0 saturated carbocycles.